The van der Waals surface area contributed by atoms with Gasteiger partial charge in [-0.05, 0) is 111 Å². The summed E-state index contributed by atoms with van der Waals surface area (Å²) in [6.07, 6.45) is 12.4. The molecule has 5 unspecified atom stereocenters. The highest BCUT2D eigenvalue weighted by molar-refractivity contribution is 5.43. The molecule has 0 amide bonds. The van der Waals surface area contributed by atoms with Gasteiger partial charge in [-0.25, -0.2) is 0 Å². The molecule has 1 aliphatic heterocycles. The number of benzene rings is 1. The lowest BCUT2D eigenvalue weighted by Gasteiger charge is -2.65. The minimum Gasteiger partial charge on any atom is -0.489 e. The molecule has 4 saturated carbocycles. The first-order valence-electron chi connectivity index (χ1n) is 13.8. The van der Waals surface area contributed by atoms with Crippen molar-refractivity contribution in [3.8, 4) is 5.75 Å². The Labute approximate surface area is 205 Å². The van der Waals surface area contributed by atoms with Gasteiger partial charge < -0.3 is 20.1 Å². The molecule has 0 aromatic heterocycles. The molecule has 2 spiro atoms. The Kier molecular flexibility index (Phi) is 4.58. The van der Waals surface area contributed by atoms with Gasteiger partial charge in [-0.1, -0.05) is 31.6 Å². The van der Waals surface area contributed by atoms with Gasteiger partial charge in [0.25, 0.3) is 0 Å². The van der Waals surface area contributed by atoms with Crippen molar-refractivity contribution in [2.75, 3.05) is 33.8 Å². The predicted molar refractivity (Wildman–Crippen MR) is 135 cm³/mol. The van der Waals surface area contributed by atoms with Crippen molar-refractivity contribution in [2.24, 2.45) is 34.0 Å². The second kappa shape index (κ2) is 7.11. The summed E-state index contributed by atoms with van der Waals surface area (Å²) < 4.78 is 6.34. The van der Waals surface area contributed by atoms with E-state index in [0.717, 1.165) is 37.6 Å². The van der Waals surface area contributed by atoms with Gasteiger partial charge in [-0.3, -0.25) is 0 Å². The molecule has 8 atom stereocenters. The first kappa shape index (κ1) is 21.9. The molecule has 1 aromatic rings. The molecule has 34 heavy (non-hydrogen) atoms. The number of likely N-dealkylation sites (N-methyl/N-ethyl adjacent to an activating group) is 1. The zero-order valence-electron chi connectivity index (χ0n) is 21.3. The summed E-state index contributed by atoms with van der Waals surface area (Å²) in [5.41, 5.74) is 2.97. The van der Waals surface area contributed by atoms with E-state index in [9.17, 15) is 5.11 Å². The van der Waals surface area contributed by atoms with E-state index in [4.69, 9.17) is 4.74 Å². The van der Waals surface area contributed by atoms with Gasteiger partial charge in [0.05, 0.1) is 5.60 Å². The van der Waals surface area contributed by atoms with Crippen LogP contribution in [0.5, 0.6) is 5.75 Å². The van der Waals surface area contributed by atoms with Crippen molar-refractivity contribution in [2.45, 2.75) is 69.9 Å². The van der Waals surface area contributed by atoms with Gasteiger partial charge in [0.2, 0.25) is 0 Å². The molecular formula is C30H42N2O2. The zero-order valence-corrected chi connectivity index (χ0v) is 21.3. The van der Waals surface area contributed by atoms with Gasteiger partial charge in [-0.2, -0.15) is 0 Å². The van der Waals surface area contributed by atoms with Crippen LogP contribution in [0.1, 0.15) is 57.4 Å². The number of nitrogens with zero attached hydrogens (tertiary/aromatic N) is 1. The second-order valence-corrected chi connectivity index (χ2v) is 13.4. The second-order valence-electron chi connectivity index (χ2n) is 13.4. The summed E-state index contributed by atoms with van der Waals surface area (Å²) in [5, 5.41) is 16.4. The number of hydrogen-bond acceptors (Lipinski definition) is 4. The van der Waals surface area contributed by atoms with Crippen LogP contribution < -0.4 is 10.1 Å². The van der Waals surface area contributed by atoms with Gasteiger partial charge >= 0.3 is 0 Å². The number of aliphatic hydroxyl groups is 1. The van der Waals surface area contributed by atoms with E-state index >= 15 is 0 Å². The van der Waals surface area contributed by atoms with Crippen molar-refractivity contribution in [3.05, 3.63) is 41.5 Å². The van der Waals surface area contributed by atoms with Crippen molar-refractivity contribution < 1.29 is 9.84 Å². The maximum Gasteiger partial charge on any atom is 0.119 e. The molecule has 6 aliphatic carbocycles. The molecule has 5 fully saturated rings. The Bertz CT molecular complexity index is 1020. The van der Waals surface area contributed by atoms with Crippen LogP contribution in [0, 0.1) is 34.0 Å². The molecule has 4 heteroatoms. The Morgan fingerprint density at radius 3 is 2.74 bits per heavy atom. The number of rotatable bonds is 6. The van der Waals surface area contributed by atoms with Gasteiger partial charge in [0.15, 0.2) is 0 Å². The monoisotopic (exact) mass is 462 g/mol. The van der Waals surface area contributed by atoms with Crippen LogP contribution in [0.25, 0.3) is 0 Å². The standard InChI is InChI=1S/C30H42N2O2/c1-27-11-4-12-29-24(27)9-13-28-16-22(18-34-23-7-5-20(6-8-23)10-14-32(2)3)21(15-25(28)29)17-30(28,33)26(29)31-19-27/h5-8,16,21,24-26,31,33H,4,9-15,17-19H2,1-3H3/t21?,24-,25?,26?,27?,28+,29?,30+/m1/s1. The molecule has 8 rings (SSSR count). The van der Waals surface area contributed by atoms with Crippen molar-refractivity contribution >= 4 is 0 Å². The third kappa shape index (κ3) is 2.61. The zero-order chi connectivity index (χ0) is 23.3. The summed E-state index contributed by atoms with van der Waals surface area (Å²) in [4.78, 5) is 2.22. The molecule has 1 saturated heterocycles. The summed E-state index contributed by atoms with van der Waals surface area (Å²) in [6.45, 7) is 5.39. The molecule has 4 nitrogen and oxygen atoms in total. The summed E-state index contributed by atoms with van der Waals surface area (Å²) >= 11 is 0. The van der Waals surface area contributed by atoms with Crippen LogP contribution in [0.2, 0.25) is 0 Å². The smallest absolute Gasteiger partial charge is 0.119 e. The number of piperidine rings is 1. The van der Waals surface area contributed by atoms with E-state index in [1.165, 1.54) is 49.7 Å². The lowest BCUT2D eigenvalue weighted by Crippen LogP contribution is -2.67. The quantitative estimate of drug-likeness (QED) is 0.614. The Morgan fingerprint density at radius 2 is 1.94 bits per heavy atom. The molecule has 7 aliphatic rings. The lowest BCUT2D eigenvalue weighted by atomic mass is 9.41. The average molecular weight is 463 g/mol. The van der Waals surface area contributed by atoms with E-state index in [1.807, 2.05) is 0 Å². The fourth-order valence-corrected chi connectivity index (χ4v) is 10.5. The largest absolute Gasteiger partial charge is 0.489 e. The minimum atomic E-state index is -0.564. The molecule has 1 aromatic carbocycles. The van der Waals surface area contributed by atoms with Gasteiger partial charge in [-0.15, -0.1) is 0 Å². The topological polar surface area (TPSA) is 44.7 Å². The van der Waals surface area contributed by atoms with Crippen LogP contribution in [0.4, 0.5) is 0 Å². The van der Waals surface area contributed by atoms with E-state index in [1.54, 1.807) is 0 Å². The number of ether oxygens (including phenoxy) is 1. The summed E-state index contributed by atoms with van der Waals surface area (Å²) in [5.74, 6) is 2.89. The predicted octanol–water partition coefficient (Wildman–Crippen LogP) is 4.43. The highest BCUT2D eigenvalue weighted by Gasteiger charge is 2.82. The molecule has 1 heterocycles. The van der Waals surface area contributed by atoms with E-state index < -0.39 is 5.60 Å². The minimum absolute atomic E-state index is 0.0345. The SMILES string of the molecule is CN(C)CCc1ccc(OCC2=C[C@]34CC[C@@H]5C6(C)CCCC57C(NC6)[C@@]3(O)CC2CC74)cc1. The van der Waals surface area contributed by atoms with Gasteiger partial charge in [0, 0.05) is 24.5 Å². The highest BCUT2D eigenvalue weighted by atomic mass is 16.5. The fourth-order valence-electron chi connectivity index (χ4n) is 10.5. The molecule has 0 radical (unpaired) electrons. The molecule has 184 valence electrons. The lowest BCUT2D eigenvalue weighted by molar-refractivity contribution is -0.143. The van der Waals surface area contributed by atoms with Crippen LogP contribution in [0.15, 0.2) is 35.9 Å². The summed E-state index contributed by atoms with van der Waals surface area (Å²) in [7, 11) is 4.24. The molecular weight excluding hydrogens is 420 g/mol. The molecule has 2 N–H and O–H groups in total. The summed E-state index contributed by atoms with van der Waals surface area (Å²) in [6, 6.07) is 8.98. The van der Waals surface area contributed by atoms with Crippen molar-refractivity contribution in [1.29, 1.82) is 0 Å². The Balaban J connectivity index is 1.15. The third-order valence-corrected chi connectivity index (χ3v) is 11.7. The van der Waals surface area contributed by atoms with E-state index in [0.29, 0.717) is 35.3 Å². The van der Waals surface area contributed by atoms with Crippen LogP contribution in [-0.2, 0) is 6.42 Å². The maximum absolute atomic E-state index is 12.4. The maximum atomic E-state index is 12.4. The Hall–Kier alpha value is -1.36. The van der Waals surface area contributed by atoms with Crippen LogP contribution in [0.3, 0.4) is 0 Å². The first-order chi connectivity index (χ1) is 16.3. The van der Waals surface area contributed by atoms with E-state index in [-0.39, 0.29) is 5.41 Å². The highest BCUT2D eigenvalue weighted by Crippen LogP contribution is 2.81. The van der Waals surface area contributed by atoms with Crippen LogP contribution >= 0.6 is 0 Å². The van der Waals surface area contributed by atoms with Crippen molar-refractivity contribution in [3.63, 3.8) is 0 Å². The normalized spacial score (nSPS) is 47.6. The Morgan fingerprint density at radius 1 is 1.12 bits per heavy atom. The molecule has 6 bridgehead atoms. The van der Waals surface area contributed by atoms with Gasteiger partial charge in [0.1, 0.15) is 12.4 Å². The fraction of sp³-hybridized carbons (Fsp3) is 0.733. The first-order valence-corrected chi connectivity index (χ1v) is 13.8. The van der Waals surface area contributed by atoms with Crippen LogP contribution in [-0.4, -0.2) is 55.4 Å². The van der Waals surface area contributed by atoms with Crippen molar-refractivity contribution in [1.82, 2.24) is 10.2 Å². The number of hydrogen-bond donors (Lipinski definition) is 2. The third-order valence-electron chi connectivity index (χ3n) is 11.7. The average Bonchev–Trinajstić information content (AvgIpc) is 2.87. The van der Waals surface area contributed by atoms with E-state index in [2.05, 4.69) is 61.6 Å². The number of nitrogens with one attached hydrogen (secondary N) is 1.